The monoisotopic (exact) mass is 258 g/mol. The Balaban J connectivity index is 1.65. The van der Waals surface area contributed by atoms with E-state index < -0.39 is 0 Å². The van der Waals surface area contributed by atoms with Gasteiger partial charge in [-0.15, -0.1) is 11.6 Å². The summed E-state index contributed by atoms with van der Waals surface area (Å²) in [5.41, 5.74) is 0. The van der Waals surface area contributed by atoms with Gasteiger partial charge >= 0.3 is 0 Å². The average molecular weight is 259 g/mol. The van der Waals surface area contributed by atoms with Gasteiger partial charge in [-0.05, 0) is 64.7 Å². The maximum atomic E-state index is 5.82. The van der Waals surface area contributed by atoms with Gasteiger partial charge in [-0.1, -0.05) is 6.42 Å². The molecule has 17 heavy (non-hydrogen) atoms. The van der Waals surface area contributed by atoms with E-state index in [9.17, 15) is 0 Å². The molecular formula is C14H27ClN2. The Morgan fingerprint density at radius 2 is 2.00 bits per heavy atom. The van der Waals surface area contributed by atoms with E-state index in [0.717, 1.165) is 17.8 Å². The van der Waals surface area contributed by atoms with Crippen LogP contribution in [0.25, 0.3) is 0 Å². The third kappa shape index (κ3) is 4.11. The van der Waals surface area contributed by atoms with Crippen molar-refractivity contribution in [2.24, 2.45) is 5.92 Å². The second-order valence-corrected chi connectivity index (χ2v) is 6.23. The van der Waals surface area contributed by atoms with E-state index in [-0.39, 0.29) is 0 Å². The van der Waals surface area contributed by atoms with Gasteiger partial charge in [0.2, 0.25) is 0 Å². The number of nitrogens with zero attached hydrogens (tertiary/aromatic N) is 2. The van der Waals surface area contributed by atoms with Crippen molar-refractivity contribution < 1.29 is 0 Å². The third-order valence-electron chi connectivity index (χ3n) is 4.59. The number of alkyl halides is 1. The van der Waals surface area contributed by atoms with Crippen molar-refractivity contribution in [1.29, 1.82) is 0 Å². The van der Waals surface area contributed by atoms with Crippen LogP contribution >= 0.6 is 11.6 Å². The lowest BCUT2D eigenvalue weighted by Crippen LogP contribution is -2.38. The normalized spacial score (nSPS) is 32.1. The highest BCUT2D eigenvalue weighted by atomic mass is 35.5. The van der Waals surface area contributed by atoms with Crippen LogP contribution in [0.15, 0.2) is 0 Å². The molecule has 0 amide bonds. The van der Waals surface area contributed by atoms with Crippen molar-refractivity contribution in [2.75, 3.05) is 39.1 Å². The topological polar surface area (TPSA) is 6.48 Å². The maximum absolute atomic E-state index is 5.82. The Morgan fingerprint density at radius 1 is 1.12 bits per heavy atom. The summed E-state index contributed by atoms with van der Waals surface area (Å²) >= 11 is 5.82. The Morgan fingerprint density at radius 3 is 2.76 bits per heavy atom. The van der Waals surface area contributed by atoms with Gasteiger partial charge in [-0.25, -0.2) is 0 Å². The van der Waals surface area contributed by atoms with Crippen LogP contribution in [0, 0.1) is 5.92 Å². The van der Waals surface area contributed by atoms with Crippen molar-refractivity contribution in [3.05, 3.63) is 0 Å². The van der Waals surface area contributed by atoms with E-state index >= 15 is 0 Å². The number of rotatable bonds is 5. The molecule has 0 bridgehead atoms. The maximum Gasteiger partial charge on any atom is 0.0226 e. The molecule has 0 aliphatic carbocycles. The van der Waals surface area contributed by atoms with Crippen LogP contribution in [0.1, 0.15) is 38.5 Å². The van der Waals surface area contributed by atoms with Gasteiger partial charge in [0.25, 0.3) is 0 Å². The second kappa shape index (κ2) is 6.96. The smallest absolute Gasteiger partial charge is 0.0226 e. The van der Waals surface area contributed by atoms with Crippen molar-refractivity contribution >= 4 is 11.6 Å². The molecule has 2 saturated heterocycles. The first kappa shape index (κ1) is 13.6. The van der Waals surface area contributed by atoms with Crippen molar-refractivity contribution in [2.45, 2.75) is 44.6 Å². The predicted molar refractivity (Wildman–Crippen MR) is 74.8 cm³/mol. The highest BCUT2D eigenvalue weighted by Gasteiger charge is 2.24. The molecule has 0 N–H and O–H groups in total. The summed E-state index contributed by atoms with van der Waals surface area (Å²) in [6.45, 7) is 5.20. The molecule has 2 heterocycles. The average Bonchev–Trinajstić information content (AvgIpc) is 2.76. The lowest BCUT2D eigenvalue weighted by atomic mass is 10.00. The molecule has 0 aromatic rings. The van der Waals surface area contributed by atoms with Crippen molar-refractivity contribution in [3.63, 3.8) is 0 Å². The van der Waals surface area contributed by atoms with Crippen LogP contribution in [-0.4, -0.2) is 54.9 Å². The van der Waals surface area contributed by atoms with E-state index in [1.807, 2.05) is 0 Å². The summed E-state index contributed by atoms with van der Waals surface area (Å²) in [6.07, 6.45) is 8.19. The molecule has 0 saturated carbocycles. The fourth-order valence-corrected chi connectivity index (χ4v) is 3.65. The predicted octanol–water partition coefficient (Wildman–Crippen LogP) is 2.81. The molecule has 2 rings (SSSR count). The molecule has 0 spiro atoms. The summed E-state index contributed by atoms with van der Waals surface area (Å²) in [6, 6.07) is 0.843. The van der Waals surface area contributed by atoms with Gasteiger partial charge in [0.1, 0.15) is 0 Å². The van der Waals surface area contributed by atoms with Gasteiger partial charge < -0.3 is 9.80 Å². The second-order valence-electron chi connectivity index (χ2n) is 5.85. The van der Waals surface area contributed by atoms with Crippen LogP contribution in [0.4, 0.5) is 0 Å². The first-order chi connectivity index (χ1) is 8.29. The van der Waals surface area contributed by atoms with Crippen LogP contribution in [0.3, 0.4) is 0 Å². The standard InChI is InChI=1S/C14H27ClN2/c1-16-9-3-2-4-14(16)7-11-17-10-6-13(12-17)5-8-15/h13-14H,2-12H2,1H3. The van der Waals surface area contributed by atoms with Crippen LogP contribution in [0.5, 0.6) is 0 Å². The number of halogens is 1. The summed E-state index contributed by atoms with van der Waals surface area (Å²) in [5.74, 6) is 1.71. The van der Waals surface area contributed by atoms with Crippen LogP contribution in [0.2, 0.25) is 0 Å². The molecule has 2 aliphatic heterocycles. The summed E-state index contributed by atoms with van der Waals surface area (Å²) in [7, 11) is 2.30. The fourth-order valence-electron chi connectivity index (χ4n) is 3.35. The van der Waals surface area contributed by atoms with E-state index in [2.05, 4.69) is 16.8 Å². The lowest BCUT2D eigenvalue weighted by Gasteiger charge is -2.33. The Hall–Kier alpha value is 0.210. The van der Waals surface area contributed by atoms with Crippen molar-refractivity contribution in [3.8, 4) is 0 Å². The minimum atomic E-state index is 0.837. The number of hydrogen-bond donors (Lipinski definition) is 0. The fraction of sp³-hybridized carbons (Fsp3) is 1.00. The number of hydrogen-bond acceptors (Lipinski definition) is 2. The van der Waals surface area contributed by atoms with E-state index in [1.54, 1.807) is 0 Å². The molecule has 0 radical (unpaired) electrons. The van der Waals surface area contributed by atoms with Gasteiger partial charge in [0.15, 0.2) is 0 Å². The highest BCUT2D eigenvalue weighted by molar-refractivity contribution is 6.17. The number of likely N-dealkylation sites (tertiary alicyclic amines) is 2. The zero-order chi connectivity index (χ0) is 12.1. The third-order valence-corrected chi connectivity index (χ3v) is 4.81. The minimum absolute atomic E-state index is 0.837. The molecule has 100 valence electrons. The molecule has 2 fully saturated rings. The summed E-state index contributed by atoms with van der Waals surface area (Å²) in [5, 5.41) is 0. The molecule has 3 heteroatoms. The zero-order valence-electron chi connectivity index (χ0n) is 11.2. The summed E-state index contributed by atoms with van der Waals surface area (Å²) < 4.78 is 0. The molecule has 0 aromatic carbocycles. The molecule has 2 unspecified atom stereocenters. The molecule has 2 nitrogen and oxygen atoms in total. The Kier molecular flexibility index (Phi) is 5.58. The first-order valence-corrected chi connectivity index (χ1v) is 7.81. The van der Waals surface area contributed by atoms with Crippen molar-refractivity contribution in [1.82, 2.24) is 9.80 Å². The molecule has 2 aliphatic rings. The largest absolute Gasteiger partial charge is 0.303 e. The zero-order valence-corrected chi connectivity index (χ0v) is 12.0. The minimum Gasteiger partial charge on any atom is -0.303 e. The Bertz CT molecular complexity index is 222. The van der Waals surface area contributed by atoms with Gasteiger partial charge in [0.05, 0.1) is 0 Å². The van der Waals surface area contributed by atoms with Gasteiger partial charge in [-0.2, -0.15) is 0 Å². The Labute approximate surface area is 111 Å². The van der Waals surface area contributed by atoms with Crippen LogP contribution in [-0.2, 0) is 0 Å². The molecule has 0 aromatic heterocycles. The number of piperidine rings is 1. The molecule has 2 atom stereocenters. The van der Waals surface area contributed by atoms with Gasteiger partial charge in [-0.3, -0.25) is 0 Å². The quantitative estimate of drug-likeness (QED) is 0.700. The lowest BCUT2D eigenvalue weighted by molar-refractivity contribution is 0.159. The first-order valence-electron chi connectivity index (χ1n) is 7.28. The van der Waals surface area contributed by atoms with Crippen LogP contribution < -0.4 is 0 Å². The van der Waals surface area contributed by atoms with E-state index in [0.29, 0.717) is 0 Å². The summed E-state index contributed by atoms with van der Waals surface area (Å²) in [4.78, 5) is 5.22. The van der Waals surface area contributed by atoms with E-state index in [1.165, 1.54) is 64.7 Å². The highest BCUT2D eigenvalue weighted by Crippen LogP contribution is 2.22. The van der Waals surface area contributed by atoms with E-state index in [4.69, 9.17) is 11.6 Å². The molecular weight excluding hydrogens is 232 g/mol. The van der Waals surface area contributed by atoms with Gasteiger partial charge in [0, 0.05) is 18.5 Å². The SMILES string of the molecule is CN1CCCCC1CCN1CCC(CCCl)C1.